The van der Waals surface area contributed by atoms with Gasteiger partial charge in [0.15, 0.2) is 0 Å². The third kappa shape index (κ3) is 2.47. The Morgan fingerprint density at radius 1 is 1.45 bits per heavy atom. The largest absolute Gasteiger partial charge is 0.395 e. The normalized spacial score (nSPS) is 11.2. The number of fused-ring (bicyclic) bond motifs is 1. The molecule has 2 heterocycles. The van der Waals surface area contributed by atoms with Crippen molar-refractivity contribution in [1.82, 2.24) is 14.6 Å². The molecule has 0 amide bonds. The van der Waals surface area contributed by atoms with Gasteiger partial charge in [-0.3, -0.25) is 0 Å². The Kier molecular flexibility index (Phi) is 3.56. The zero-order chi connectivity index (χ0) is 14.1. The molecule has 8 heteroatoms. The summed E-state index contributed by atoms with van der Waals surface area (Å²) in [4.78, 5) is 5.13. The molecule has 0 radical (unpaired) electrons. The lowest BCUT2D eigenvalue weighted by atomic mass is 10.2. The van der Waals surface area contributed by atoms with Gasteiger partial charge in [-0.15, -0.1) is 5.10 Å². The highest BCUT2D eigenvalue weighted by Crippen LogP contribution is 2.27. The Balaban J connectivity index is 1.92. The first kappa shape index (κ1) is 13.3. The molecule has 0 atom stereocenters. The van der Waals surface area contributed by atoms with Gasteiger partial charge in [-0.05, 0) is 18.2 Å². The molecule has 0 aliphatic rings. The number of anilines is 1. The standard InChI is InChI=1S/C12H10ClFN4OS/c13-8-5-7(1-2-9(8)14)10-6-18-12(16-10)20-11(17-18)15-3-4-19/h1-2,5-6,19H,3-4H2,(H,15,17). The van der Waals surface area contributed by atoms with E-state index in [4.69, 9.17) is 16.7 Å². The van der Waals surface area contributed by atoms with E-state index in [1.165, 1.54) is 23.5 Å². The average molecular weight is 313 g/mol. The van der Waals surface area contributed by atoms with Crippen LogP contribution < -0.4 is 5.32 Å². The molecule has 2 N–H and O–H groups in total. The lowest BCUT2D eigenvalue weighted by molar-refractivity contribution is 0.311. The van der Waals surface area contributed by atoms with Crippen molar-refractivity contribution in [3.8, 4) is 11.3 Å². The summed E-state index contributed by atoms with van der Waals surface area (Å²) >= 11 is 7.13. The van der Waals surface area contributed by atoms with E-state index >= 15 is 0 Å². The van der Waals surface area contributed by atoms with Gasteiger partial charge >= 0.3 is 0 Å². The van der Waals surface area contributed by atoms with Crippen LogP contribution in [0.3, 0.4) is 0 Å². The number of hydrogen-bond donors (Lipinski definition) is 2. The fourth-order valence-electron chi connectivity index (χ4n) is 1.73. The van der Waals surface area contributed by atoms with Crippen molar-refractivity contribution in [2.75, 3.05) is 18.5 Å². The van der Waals surface area contributed by atoms with Crippen molar-refractivity contribution < 1.29 is 9.50 Å². The van der Waals surface area contributed by atoms with Gasteiger partial charge < -0.3 is 10.4 Å². The minimum absolute atomic E-state index is 0.0429. The number of aliphatic hydroxyl groups is 1. The topological polar surface area (TPSA) is 62.5 Å². The summed E-state index contributed by atoms with van der Waals surface area (Å²) in [6.07, 6.45) is 1.75. The molecule has 0 aliphatic carbocycles. The highest BCUT2D eigenvalue weighted by molar-refractivity contribution is 7.20. The zero-order valence-electron chi connectivity index (χ0n) is 10.2. The number of halogens is 2. The molecule has 20 heavy (non-hydrogen) atoms. The Hall–Kier alpha value is -1.70. The van der Waals surface area contributed by atoms with Crippen LogP contribution in [0.4, 0.5) is 9.52 Å². The second-order valence-electron chi connectivity index (χ2n) is 4.04. The number of nitrogens with one attached hydrogen (secondary N) is 1. The van der Waals surface area contributed by atoms with Crippen LogP contribution in [-0.4, -0.2) is 32.9 Å². The van der Waals surface area contributed by atoms with Crippen LogP contribution in [-0.2, 0) is 0 Å². The zero-order valence-corrected chi connectivity index (χ0v) is 11.7. The fourth-order valence-corrected chi connectivity index (χ4v) is 2.72. The summed E-state index contributed by atoms with van der Waals surface area (Å²) in [5.41, 5.74) is 1.42. The predicted octanol–water partition coefficient (Wildman–Crippen LogP) is 2.65. The monoisotopic (exact) mass is 312 g/mol. The van der Waals surface area contributed by atoms with Crippen molar-refractivity contribution in [1.29, 1.82) is 0 Å². The molecule has 0 bridgehead atoms. The number of aliphatic hydroxyl groups excluding tert-OH is 1. The number of aromatic nitrogens is 3. The van der Waals surface area contributed by atoms with E-state index in [0.29, 0.717) is 22.3 Å². The van der Waals surface area contributed by atoms with Gasteiger partial charge in [0.2, 0.25) is 10.1 Å². The van der Waals surface area contributed by atoms with Crippen LogP contribution in [0.5, 0.6) is 0 Å². The third-order valence-corrected chi connectivity index (χ3v) is 3.82. The molecule has 2 aromatic heterocycles. The molecule has 3 rings (SSSR count). The Morgan fingerprint density at radius 2 is 2.30 bits per heavy atom. The van der Waals surface area contributed by atoms with Crippen molar-refractivity contribution >= 4 is 33.0 Å². The molecule has 0 aliphatic heterocycles. The second-order valence-corrected chi connectivity index (χ2v) is 5.40. The molecular formula is C12H10ClFN4OS. The van der Waals surface area contributed by atoms with Gasteiger partial charge in [-0.2, -0.15) is 0 Å². The number of benzene rings is 1. The fraction of sp³-hybridized carbons (Fsp3) is 0.167. The molecule has 5 nitrogen and oxygen atoms in total. The second kappa shape index (κ2) is 5.35. The minimum atomic E-state index is -0.454. The quantitative estimate of drug-likeness (QED) is 0.777. The molecule has 0 fully saturated rings. The van der Waals surface area contributed by atoms with Gasteiger partial charge in [0.05, 0.1) is 23.5 Å². The van der Waals surface area contributed by atoms with Crippen LogP contribution >= 0.6 is 22.9 Å². The summed E-state index contributed by atoms with van der Waals surface area (Å²) in [6, 6.07) is 4.47. The van der Waals surface area contributed by atoms with Crippen LogP contribution in [0, 0.1) is 5.82 Å². The number of hydrogen-bond acceptors (Lipinski definition) is 5. The highest BCUT2D eigenvalue weighted by Gasteiger charge is 2.10. The first-order valence-corrected chi connectivity index (χ1v) is 7.03. The number of nitrogens with zero attached hydrogens (tertiary/aromatic N) is 3. The molecular weight excluding hydrogens is 303 g/mol. The van der Waals surface area contributed by atoms with E-state index in [9.17, 15) is 4.39 Å². The molecule has 0 spiro atoms. The van der Waals surface area contributed by atoms with Crippen LogP contribution in [0.1, 0.15) is 0 Å². The summed E-state index contributed by atoms with van der Waals surface area (Å²) < 4.78 is 14.8. The maximum atomic E-state index is 13.1. The Morgan fingerprint density at radius 3 is 3.00 bits per heavy atom. The maximum Gasteiger partial charge on any atom is 0.214 e. The summed E-state index contributed by atoms with van der Waals surface area (Å²) in [5.74, 6) is -0.454. The summed E-state index contributed by atoms with van der Waals surface area (Å²) in [5, 5.41) is 16.7. The molecule has 0 unspecified atom stereocenters. The van der Waals surface area contributed by atoms with E-state index < -0.39 is 5.82 Å². The van der Waals surface area contributed by atoms with Crippen molar-refractivity contribution in [2.24, 2.45) is 0 Å². The number of imidazole rings is 1. The van der Waals surface area contributed by atoms with E-state index in [-0.39, 0.29) is 11.6 Å². The summed E-state index contributed by atoms with van der Waals surface area (Å²) in [6.45, 7) is 0.484. The van der Waals surface area contributed by atoms with Gasteiger partial charge in [-0.1, -0.05) is 22.9 Å². The van der Waals surface area contributed by atoms with Crippen LogP contribution in [0.15, 0.2) is 24.4 Å². The van der Waals surface area contributed by atoms with Crippen LogP contribution in [0.2, 0.25) is 5.02 Å². The Bertz CT molecular complexity index is 726. The molecule has 0 saturated heterocycles. The lowest BCUT2D eigenvalue weighted by Gasteiger charge is -1.98. The van der Waals surface area contributed by atoms with E-state index in [0.717, 1.165) is 5.56 Å². The van der Waals surface area contributed by atoms with E-state index in [2.05, 4.69) is 15.4 Å². The maximum absolute atomic E-state index is 13.1. The molecule has 3 aromatic rings. The van der Waals surface area contributed by atoms with Gasteiger partial charge in [0, 0.05) is 12.1 Å². The minimum Gasteiger partial charge on any atom is -0.395 e. The average Bonchev–Trinajstić information content (AvgIpc) is 2.97. The van der Waals surface area contributed by atoms with E-state index in [1.54, 1.807) is 16.8 Å². The Labute approximate surface area is 122 Å². The van der Waals surface area contributed by atoms with Gasteiger partial charge in [0.25, 0.3) is 0 Å². The smallest absolute Gasteiger partial charge is 0.214 e. The van der Waals surface area contributed by atoms with Crippen molar-refractivity contribution in [3.63, 3.8) is 0 Å². The molecule has 104 valence electrons. The first-order valence-electron chi connectivity index (χ1n) is 5.84. The van der Waals surface area contributed by atoms with E-state index in [1.807, 2.05) is 0 Å². The first-order chi connectivity index (χ1) is 9.67. The lowest BCUT2D eigenvalue weighted by Crippen LogP contribution is -2.05. The third-order valence-electron chi connectivity index (χ3n) is 2.65. The molecule has 1 aromatic carbocycles. The summed E-state index contributed by atoms with van der Waals surface area (Å²) in [7, 11) is 0. The van der Waals surface area contributed by atoms with Gasteiger partial charge in [0.1, 0.15) is 5.82 Å². The van der Waals surface area contributed by atoms with Crippen molar-refractivity contribution in [2.45, 2.75) is 0 Å². The molecule has 0 saturated carbocycles. The predicted molar refractivity (Wildman–Crippen MR) is 76.8 cm³/mol. The van der Waals surface area contributed by atoms with Gasteiger partial charge in [-0.25, -0.2) is 13.9 Å². The van der Waals surface area contributed by atoms with Crippen molar-refractivity contribution in [3.05, 3.63) is 35.2 Å². The number of rotatable bonds is 4. The SMILES string of the molecule is OCCNc1nn2cc(-c3ccc(F)c(Cl)c3)nc2s1. The highest BCUT2D eigenvalue weighted by atomic mass is 35.5. The van der Waals surface area contributed by atoms with Crippen LogP contribution in [0.25, 0.3) is 16.2 Å².